The van der Waals surface area contributed by atoms with Crippen molar-refractivity contribution in [1.29, 1.82) is 0 Å². The molecule has 2 aromatic rings. The van der Waals surface area contributed by atoms with Crippen LogP contribution < -0.4 is 0 Å². The van der Waals surface area contributed by atoms with Crippen molar-refractivity contribution >= 4 is 0 Å². The molecule has 0 heterocycles. The first kappa shape index (κ1) is 14.6. The van der Waals surface area contributed by atoms with Crippen molar-refractivity contribution in [3.05, 3.63) is 58.7 Å². The highest BCUT2D eigenvalue weighted by molar-refractivity contribution is 5.66. The lowest BCUT2D eigenvalue weighted by Crippen LogP contribution is -2.45. The van der Waals surface area contributed by atoms with Crippen LogP contribution in [0.15, 0.2) is 36.4 Å². The molecule has 1 unspecified atom stereocenters. The number of benzene rings is 2. The molecule has 0 saturated carbocycles. The van der Waals surface area contributed by atoms with Gasteiger partial charge in [0, 0.05) is 16.5 Å². The van der Waals surface area contributed by atoms with Gasteiger partial charge in [-0.05, 0) is 46.9 Å². The predicted octanol–water partition coefficient (Wildman–Crippen LogP) is 4.65. The number of hydrogen-bond acceptors (Lipinski definition) is 2. The van der Waals surface area contributed by atoms with Gasteiger partial charge in [0.2, 0.25) is 0 Å². The van der Waals surface area contributed by atoms with Crippen molar-refractivity contribution in [3.8, 4) is 11.5 Å². The maximum Gasteiger partial charge on any atom is 0.119 e. The average molecular weight is 308 g/mol. The van der Waals surface area contributed by atoms with E-state index in [2.05, 4.69) is 39.8 Å². The van der Waals surface area contributed by atoms with Gasteiger partial charge >= 0.3 is 0 Å². The van der Waals surface area contributed by atoms with Crippen LogP contribution in [0, 0.1) is 5.41 Å². The second-order valence-electron chi connectivity index (χ2n) is 8.17. The topological polar surface area (TPSA) is 40.5 Å². The Morgan fingerprint density at radius 1 is 0.826 bits per heavy atom. The molecule has 0 aliphatic heterocycles. The van der Waals surface area contributed by atoms with E-state index in [1.165, 1.54) is 11.1 Å². The van der Waals surface area contributed by atoms with Crippen molar-refractivity contribution in [3.63, 3.8) is 0 Å². The van der Waals surface area contributed by atoms with Crippen LogP contribution in [0.25, 0.3) is 0 Å². The maximum atomic E-state index is 10.8. The fourth-order valence-corrected chi connectivity index (χ4v) is 5.30. The quantitative estimate of drug-likeness (QED) is 0.744. The van der Waals surface area contributed by atoms with Gasteiger partial charge < -0.3 is 10.2 Å². The molecule has 120 valence electrons. The van der Waals surface area contributed by atoms with E-state index >= 15 is 0 Å². The lowest BCUT2D eigenvalue weighted by atomic mass is 9.55. The number of phenols is 2. The van der Waals surface area contributed by atoms with E-state index in [1.807, 2.05) is 12.1 Å². The summed E-state index contributed by atoms with van der Waals surface area (Å²) in [6, 6.07) is 11.7. The summed E-state index contributed by atoms with van der Waals surface area (Å²) in [6.45, 7) is 9.10. The van der Waals surface area contributed by atoms with E-state index in [-0.39, 0.29) is 16.2 Å². The van der Waals surface area contributed by atoms with Crippen LogP contribution >= 0.6 is 0 Å². The maximum absolute atomic E-state index is 10.8. The zero-order valence-electron chi connectivity index (χ0n) is 14.3. The molecule has 0 saturated heterocycles. The summed E-state index contributed by atoms with van der Waals surface area (Å²) in [5.41, 5.74) is 3.92. The van der Waals surface area contributed by atoms with E-state index < -0.39 is 0 Å². The van der Waals surface area contributed by atoms with E-state index in [0.29, 0.717) is 11.5 Å². The van der Waals surface area contributed by atoms with E-state index in [0.717, 1.165) is 24.0 Å². The Balaban J connectivity index is 2.18. The number of phenolic OH excluding ortho intramolecular Hbond substituents is 2. The molecule has 0 aromatic heterocycles. The Labute approximate surface area is 137 Å². The largest absolute Gasteiger partial charge is 0.508 e. The normalized spacial score (nSPS) is 26.3. The summed E-state index contributed by atoms with van der Waals surface area (Å²) in [6.07, 6.45) is 1.87. The number of aryl methyl sites for hydroxylation is 1. The van der Waals surface area contributed by atoms with Crippen LogP contribution in [0.3, 0.4) is 0 Å². The second-order valence-corrected chi connectivity index (χ2v) is 8.17. The number of rotatable bonds is 0. The summed E-state index contributed by atoms with van der Waals surface area (Å²) in [4.78, 5) is 0. The highest BCUT2D eigenvalue weighted by Crippen LogP contribution is 2.70. The zero-order valence-corrected chi connectivity index (χ0v) is 14.3. The fourth-order valence-electron chi connectivity index (χ4n) is 5.30. The van der Waals surface area contributed by atoms with Crippen LogP contribution in [-0.2, 0) is 17.3 Å². The van der Waals surface area contributed by atoms with Gasteiger partial charge in [-0.15, -0.1) is 0 Å². The first-order valence-electron chi connectivity index (χ1n) is 8.39. The SMILES string of the molecule is CC1(C)c2cccc(O)c2C2(CCc3cccc(O)c32)C1(C)C. The molecule has 2 aliphatic carbocycles. The van der Waals surface area contributed by atoms with E-state index in [9.17, 15) is 10.2 Å². The molecule has 2 aromatic carbocycles. The van der Waals surface area contributed by atoms with Crippen LogP contribution in [0.1, 0.15) is 56.4 Å². The van der Waals surface area contributed by atoms with Crippen molar-refractivity contribution in [2.75, 3.05) is 0 Å². The molecule has 1 atom stereocenters. The van der Waals surface area contributed by atoms with Crippen molar-refractivity contribution in [1.82, 2.24) is 0 Å². The smallest absolute Gasteiger partial charge is 0.119 e. The summed E-state index contributed by atoms with van der Waals surface area (Å²) in [5, 5.41) is 21.5. The van der Waals surface area contributed by atoms with Gasteiger partial charge in [0.05, 0.1) is 0 Å². The molecule has 23 heavy (non-hydrogen) atoms. The highest BCUT2D eigenvalue weighted by atomic mass is 16.3. The molecule has 0 radical (unpaired) electrons. The number of fused-ring (bicyclic) bond motifs is 4. The molecule has 1 spiro atoms. The Hall–Kier alpha value is -1.96. The molecular weight excluding hydrogens is 284 g/mol. The molecule has 2 nitrogen and oxygen atoms in total. The third-order valence-corrected chi connectivity index (χ3v) is 7.10. The number of hydrogen-bond donors (Lipinski definition) is 2. The van der Waals surface area contributed by atoms with Crippen LogP contribution in [0.5, 0.6) is 11.5 Å². The van der Waals surface area contributed by atoms with Gasteiger partial charge in [0.1, 0.15) is 11.5 Å². The van der Waals surface area contributed by atoms with Crippen molar-refractivity contribution in [2.45, 2.75) is 51.4 Å². The summed E-state index contributed by atoms with van der Waals surface area (Å²) in [5.74, 6) is 0.720. The number of aromatic hydroxyl groups is 2. The first-order valence-corrected chi connectivity index (χ1v) is 8.39. The molecule has 0 bridgehead atoms. The molecule has 2 heteroatoms. The molecule has 4 rings (SSSR count). The fraction of sp³-hybridized carbons (Fsp3) is 0.429. The van der Waals surface area contributed by atoms with E-state index in [1.54, 1.807) is 12.1 Å². The Morgan fingerprint density at radius 3 is 2.13 bits per heavy atom. The molecule has 2 N–H and O–H groups in total. The van der Waals surface area contributed by atoms with Crippen LogP contribution in [0.4, 0.5) is 0 Å². The molecular formula is C21H24O2. The van der Waals surface area contributed by atoms with Crippen LogP contribution in [-0.4, -0.2) is 10.2 Å². The standard InChI is InChI=1S/C21H24O2/c1-19(2)14-8-6-10-16(23)18(14)21(20(19,3)4)12-11-13-7-5-9-15(22)17(13)21/h5-10,22-23H,11-12H2,1-4H3. The van der Waals surface area contributed by atoms with Gasteiger partial charge in [-0.25, -0.2) is 0 Å². The minimum Gasteiger partial charge on any atom is -0.508 e. The highest BCUT2D eigenvalue weighted by Gasteiger charge is 2.65. The lowest BCUT2D eigenvalue weighted by molar-refractivity contribution is 0.124. The van der Waals surface area contributed by atoms with Crippen LogP contribution in [0.2, 0.25) is 0 Å². The third kappa shape index (κ3) is 1.41. The summed E-state index contributed by atoms with van der Waals surface area (Å²) in [7, 11) is 0. The van der Waals surface area contributed by atoms with Gasteiger partial charge in [-0.3, -0.25) is 0 Å². The minimum absolute atomic E-state index is 0.0923. The lowest BCUT2D eigenvalue weighted by Gasteiger charge is -2.47. The van der Waals surface area contributed by atoms with Crippen molar-refractivity contribution in [2.24, 2.45) is 5.41 Å². The monoisotopic (exact) mass is 308 g/mol. The van der Waals surface area contributed by atoms with E-state index in [4.69, 9.17) is 0 Å². The Morgan fingerprint density at radius 2 is 1.43 bits per heavy atom. The predicted molar refractivity (Wildman–Crippen MR) is 92.1 cm³/mol. The van der Waals surface area contributed by atoms with Gasteiger partial charge in [-0.1, -0.05) is 52.0 Å². The third-order valence-electron chi connectivity index (χ3n) is 7.10. The van der Waals surface area contributed by atoms with Gasteiger partial charge in [0.25, 0.3) is 0 Å². The Bertz CT molecular complexity index is 817. The molecule has 2 aliphatic rings. The van der Waals surface area contributed by atoms with Crippen molar-refractivity contribution < 1.29 is 10.2 Å². The first-order chi connectivity index (χ1) is 10.7. The molecule has 0 fully saturated rings. The second kappa shape index (κ2) is 4.11. The average Bonchev–Trinajstić information content (AvgIpc) is 2.93. The van der Waals surface area contributed by atoms with Gasteiger partial charge in [0.15, 0.2) is 0 Å². The van der Waals surface area contributed by atoms with Gasteiger partial charge in [-0.2, -0.15) is 0 Å². The summed E-state index contributed by atoms with van der Waals surface area (Å²) < 4.78 is 0. The molecule has 0 amide bonds. The zero-order chi connectivity index (χ0) is 16.6. The Kier molecular flexibility index (Phi) is 2.61. The summed E-state index contributed by atoms with van der Waals surface area (Å²) >= 11 is 0. The minimum atomic E-state index is -0.335.